The van der Waals surface area contributed by atoms with Gasteiger partial charge < -0.3 is 4.40 Å². The van der Waals surface area contributed by atoms with E-state index in [1.165, 1.54) is 87.9 Å². The number of pyridine rings is 3. The van der Waals surface area contributed by atoms with E-state index in [0.717, 1.165) is 0 Å². The molecular weight excluding hydrogens is 498 g/mol. The maximum Gasteiger partial charge on any atom is 0.224 e. The van der Waals surface area contributed by atoms with E-state index >= 15 is 0 Å². The predicted molar refractivity (Wildman–Crippen MR) is 175 cm³/mol. The van der Waals surface area contributed by atoms with Gasteiger partial charge in [-0.15, -0.1) is 0 Å². The SMILES string of the molecule is Cc1cc2c3ccncc3n3c4cc(-c5c(C(C)C)cc(C(C)C)cc5C(C)C)cc5cc[n+](C)c(c(c1C)c23)c54. The molecule has 0 aliphatic heterocycles. The zero-order valence-electron chi connectivity index (χ0n) is 25.8. The summed E-state index contributed by atoms with van der Waals surface area (Å²) in [5.41, 5.74) is 14.7. The van der Waals surface area contributed by atoms with Crippen molar-refractivity contribution in [2.24, 2.45) is 7.05 Å². The molecule has 0 amide bonds. The molecule has 206 valence electrons. The lowest BCUT2D eigenvalue weighted by Gasteiger charge is -2.24. The van der Waals surface area contributed by atoms with Gasteiger partial charge in [-0.1, -0.05) is 53.7 Å². The molecular formula is C38H40N3+. The van der Waals surface area contributed by atoms with E-state index in [0.29, 0.717) is 17.8 Å². The highest BCUT2D eigenvalue weighted by Gasteiger charge is 2.26. The molecule has 0 fully saturated rings. The summed E-state index contributed by atoms with van der Waals surface area (Å²) in [4.78, 5) is 4.61. The van der Waals surface area contributed by atoms with Crippen molar-refractivity contribution in [1.29, 1.82) is 0 Å². The molecule has 0 saturated heterocycles. The molecule has 0 spiro atoms. The van der Waals surface area contributed by atoms with Crippen LogP contribution in [0.2, 0.25) is 0 Å². The van der Waals surface area contributed by atoms with Crippen LogP contribution < -0.4 is 4.57 Å². The molecule has 0 radical (unpaired) electrons. The zero-order chi connectivity index (χ0) is 28.9. The van der Waals surface area contributed by atoms with Gasteiger partial charge >= 0.3 is 0 Å². The minimum Gasteiger partial charge on any atom is -0.306 e. The molecule has 3 heteroatoms. The summed E-state index contributed by atoms with van der Waals surface area (Å²) in [7, 11) is 2.19. The van der Waals surface area contributed by atoms with Crippen molar-refractivity contribution in [3.05, 3.63) is 88.9 Å². The first-order chi connectivity index (χ1) is 19.6. The maximum absolute atomic E-state index is 4.61. The fourth-order valence-corrected chi connectivity index (χ4v) is 7.18. The molecule has 3 nitrogen and oxygen atoms in total. The molecule has 0 atom stereocenters. The normalized spacial score (nSPS) is 12.7. The molecule has 0 unspecified atom stereocenters. The first-order valence-electron chi connectivity index (χ1n) is 15.1. The summed E-state index contributed by atoms with van der Waals surface area (Å²) in [5.74, 6) is 1.34. The average molecular weight is 539 g/mol. The van der Waals surface area contributed by atoms with E-state index in [1.54, 1.807) is 0 Å². The van der Waals surface area contributed by atoms with Crippen molar-refractivity contribution in [2.45, 2.75) is 73.1 Å². The van der Waals surface area contributed by atoms with Crippen molar-refractivity contribution in [1.82, 2.24) is 9.38 Å². The van der Waals surface area contributed by atoms with Crippen LogP contribution in [0.1, 0.15) is 87.1 Å². The number of fused-ring (bicyclic) bond motifs is 5. The van der Waals surface area contributed by atoms with Crippen molar-refractivity contribution in [2.75, 3.05) is 0 Å². The zero-order valence-corrected chi connectivity index (χ0v) is 25.8. The van der Waals surface area contributed by atoms with Crippen LogP contribution in [-0.4, -0.2) is 9.38 Å². The highest BCUT2D eigenvalue weighted by atomic mass is 15.0. The van der Waals surface area contributed by atoms with Crippen LogP contribution in [0.5, 0.6) is 0 Å². The summed E-state index contributed by atoms with van der Waals surface area (Å²) in [6.07, 6.45) is 6.22. The van der Waals surface area contributed by atoms with Crippen LogP contribution in [-0.2, 0) is 7.05 Å². The number of rotatable bonds is 4. The van der Waals surface area contributed by atoms with Gasteiger partial charge in [0.05, 0.1) is 33.5 Å². The Morgan fingerprint density at radius 3 is 2.12 bits per heavy atom. The molecule has 4 aromatic heterocycles. The summed E-state index contributed by atoms with van der Waals surface area (Å²) in [6.45, 7) is 18.5. The molecule has 41 heavy (non-hydrogen) atoms. The van der Waals surface area contributed by atoms with E-state index in [4.69, 9.17) is 0 Å². The van der Waals surface area contributed by atoms with Crippen molar-refractivity contribution < 1.29 is 4.57 Å². The average Bonchev–Trinajstić information content (AvgIpc) is 3.27. The Bertz CT molecular complexity index is 2130. The van der Waals surface area contributed by atoms with Gasteiger partial charge in [-0.2, -0.15) is 0 Å². The molecule has 0 N–H and O–H groups in total. The lowest BCUT2D eigenvalue weighted by molar-refractivity contribution is -0.643. The van der Waals surface area contributed by atoms with Gasteiger partial charge in [0.1, 0.15) is 7.05 Å². The molecule has 7 aromatic rings. The third kappa shape index (κ3) is 3.57. The highest BCUT2D eigenvalue weighted by Crippen LogP contribution is 2.45. The summed E-state index contributed by atoms with van der Waals surface area (Å²) in [5, 5.41) is 6.52. The van der Waals surface area contributed by atoms with Gasteiger partial charge in [0.2, 0.25) is 5.52 Å². The van der Waals surface area contributed by atoms with Crippen LogP contribution in [0.15, 0.2) is 61.1 Å². The standard InChI is InChI=1S/C38H40N3/c1-20(2)26-16-29(21(3)4)35(30(17-26)22(5)6)27-15-25-11-13-40(9)38-34-24(8)23(7)14-31-28-10-12-39-19-33(28)41(37(31)34)32(18-27)36(25)38/h10-22H,1-9H3/q+1. The van der Waals surface area contributed by atoms with Gasteiger partial charge in [0, 0.05) is 23.0 Å². The second kappa shape index (κ2) is 9.01. The predicted octanol–water partition coefficient (Wildman–Crippen LogP) is 9.86. The minimum absolute atomic E-state index is 0.423. The third-order valence-corrected chi connectivity index (χ3v) is 9.49. The first kappa shape index (κ1) is 26.0. The Morgan fingerprint density at radius 2 is 1.46 bits per heavy atom. The monoisotopic (exact) mass is 538 g/mol. The molecule has 0 aliphatic rings. The Balaban J connectivity index is 1.75. The van der Waals surface area contributed by atoms with Crippen molar-refractivity contribution in [3.63, 3.8) is 0 Å². The highest BCUT2D eigenvalue weighted by molar-refractivity contribution is 6.26. The van der Waals surface area contributed by atoms with Crippen LogP contribution >= 0.6 is 0 Å². The number of benzene rings is 3. The maximum atomic E-state index is 4.61. The van der Waals surface area contributed by atoms with E-state index in [-0.39, 0.29) is 0 Å². The minimum atomic E-state index is 0.423. The summed E-state index contributed by atoms with van der Waals surface area (Å²) in [6, 6.07) is 16.7. The van der Waals surface area contributed by atoms with E-state index < -0.39 is 0 Å². The van der Waals surface area contributed by atoms with E-state index in [1.807, 2.05) is 12.4 Å². The number of hydrogen-bond acceptors (Lipinski definition) is 1. The topological polar surface area (TPSA) is 21.2 Å². The first-order valence-corrected chi connectivity index (χ1v) is 15.1. The third-order valence-electron chi connectivity index (χ3n) is 9.49. The Morgan fingerprint density at radius 1 is 0.756 bits per heavy atom. The van der Waals surface area contributed by atoms with Crippen LogP contribution in [0.25, 0.3) is 60.1 Å². The van der Waals surface area contributed by atoms with Gasteiger partial charge in [-0.05, 0) is 100 Å². The Labute approximate surface area is 242 Å². The molecule has 0 saturated carbocycles. The van der Waals surface area contributed by atoms with Crippen LogP contribution in [0, 0.1) is 13.8 Å². The van der Waals surface area contributed by atoms with Crippen LogP contribution in [0.4, 0.5) is 0 Å². The van der Waals surface area contributed by atoms with Crippen LogP contribution in [0.3, 0.4) is 0 Å². The molecule has 3 aromatic carbocycles. The number of nitrogens with zero attached hydrogens (tertiary/aromatic N) is 3. The molecule has 7 rings (SSSR count). The second-order valence-electron chi connectivity index (χ2n) is 13.1. The number of hydrogen-bond donors (Lipinski definition) is 0. The molecule has 0 bridgehead atoms. The van der Waals surface area contributed by atoms with Gasteiger partial charge in [-0.3, -0.25) is 4.98 Å². The Hall–Kier alpha value is -3.98. The fourth-order valence-electron chi connectivity index (χ4n) is 7.18. The van der Waals surface area contributed by atoms with E-state index in [2.05, 4.69) is 125 Å². The lowest BCUT2D eigenvalue weighted by atomic mass is 9.81. The largest absolute Gasteiger partial charge is 0.306 e. The van der Waals surface area contributed by atoms with Crippen molar-refractivity contribution >= 4 is 49.0 Å². The summed E-state index contributed by atoms with van der Waals surface area (Å²) < 4.78 is 4.83. The Kier molecular flexibility index (Phi) is 5.70. The lowest BCUT2D eigenvalue weighted by Crippen LogP contribution is -2.29. The van der Waals surface area contributed by atoms with Gasteiger partial charge in [-0.25, -0.2) is 4.57 Å². The molecule has 0 aliphatic carbocycles. The summed E-state index contributed by atoms with van der Waals surface area (Å²) >= 11 is 0. The quantitative estimate of drug-likeness (QED) is 0.124. The van der Waals surface area contributed by atoms with E-state index in [9.17, 15) is 0 Å². The second-order valence-corrected chi connectivity index (χ2v) is 13.1. The van der Waals surface area contributed by atoms with Gasteiger partial charge in [0.15, 0.2) is 6.20 Å². The fraction of sp³-hybridized carbons (Fsp3) is 0.316. The van der Waals surface area contributed by atoms with Gasteiger partial charge in [0.25, 0.3) is 0 Å². The molecule has 4 heterocycles. The number of aromatic nitrogens is 3. The van der Waals surface area contributed by atoms with Crippen molar-refractivity contribution in [3.8, 4) is 11.1 Å². The smallest absolute Gasteiger partial charge is 0.224 e. The number of aryl methyl sites for hydroxylation is 3.